The Morgan fingerprint density at radius 1 is 1.33 bits per heavy atom. The molecule has 0 amide bonds. The third-order valence-corrected chi connectivity index (χ3v) is 4.64. The molecular weight excluding hydrogens is 287 g/mol. The molecule has 0 aliphatic heterocycles. The summed E-state index contributed by atoms with van der Waals surface area (Å²) >= 11 is 1.41. The van der Waals surface area contributed by atoms with Crippen molar-refractivity contribution in [3.8, 4) is 0 Å². The summed E-state index contributed by atoms with van der Waals surface area (Å²) in [6.45, 7) is 2.04. The van der Waals surface area contributed by atoms with Crippen LogP contribution in [-0.2, 0) is 19.9 Å². The van der Waals surface area contributed by atoms with Crippen molar-refractivity contribution < 1.29 is 9.18 Å². The maximum absolute atomic E-state index is 13.2. The van der Waals surface area contributed by atoms with Gasteiger partial charge in [0.25, 0.3) is 0 Å². The lowest BCUT2D eigenvalue weighted by Crippen LogP contribution is -2.06. The fourth-order valence-electron chi connectivity index (χ4n) is 2.31. The molecule has 5 heteroatoms. The summed E-state index contributed by atoms with van der Waals surface area (Å²) in [5.74, 6) is -0.235. The lowest BCUT2D eigenvalue weighted by atomic mass is 10.1. The molecule has 0 N–H and O–H groups in total. The van der Waals surface area contributed by atoms with E-state index in [9.17, 15) is 9.18 Å². The fraction of sp³-hybridized carbons (Fsp3) is 0.250. The minimum Gasteiger partial charge on any atom is -0.293 e. The Kier molecular flexibility index (Phi) is 3.59. The molecular formula is C16H15FN2OS. The number of fused-ring (bicyclic) bond motifs is 1. The molecule has 0 atom stereocenters. The number of ketones is 1. The van der Waals surface area contributed by atoms with Crippen LogP contribution in [-0.4, -0.2) is 15.6 Å². The van der Waals surface area contributed by atoms with Gasteiger partial charge >= 0.3 is 0 Å². The van der Waals surface area contributed by atoms with Gasteiger partial charge in [-0.1, -0.05) is 6.92 Å². The highest BCUT2D eigenvalue weighted by molar-refractivity contribution is 7.20. The second-order valence-corrected chi connectivity index (χ2v) is 6.08. The molecule has 21 heavy (non-hydrogen) atoms. The number of hydrogen-bond donors (Lipinski definition) is 0. The van der Waals surface area contributed by atoms with Gasteiger partial charge in [-0.25, -0.2) is 4.39 Å². The van der Waals surface area contributed by atoms with Crippen molar-refractivity contribution in [1.82, 2.24) is 9.78 Å². The van der Waals surface area contributed by atoms with Crippen LogP contribution in [0.4, 0.5) is 4.39 Å². The van der Waals surface area contributed by atoms with E-state index in [-0.39, 0.29) is 11.6 Å². The number of benzene rings is 1. The molecule has 0 unspecified atom stereocenters. The van der Waals surface area contributed by atoms with Crippen LogP contribution in [0.15, 0.2) is 30.3 Å². The highest BCUT2D eigenvalue weighted by Gasteiger charge is 2.14. The molecule has 3 rings (SSSR count). The zero-order chi connectivity index (χ0) is 15.0. The molecule has 2 heterocycles. The first-order chi connectivity index (χ1) is 10.1. The predicted octanol–water partition coefficient (Wildman–Crippen LogP) is 3.76. The zero-order valence-corrected chi connectivity index (χ0v) is 12.7. The monoisotopic (exact) mass is 302 g/mol. The summed E-state index contributed by atoms with van der Waals surface area (Å²) in [5.41, 5.74) is 1.89. The van der Waals surface area contributed by atoms with Crippen molar-refractivity contribution in [2.45, 2.75) is 19.8 Å². The zero-order valence-electron chi connectivity index (χ0n) is 11.9. The minimum absolute atomic E-state index is 0.0438. The van der Waals surface area contributed by atoms with E-state index in [4.69, 9.17) is 0 Å². The van der Waals surface area contributed by atoms with Gasteiger partial charge in [-0.05, 0) is 42.1 Å². The Hall–Kier alpha value is -2.01. The van der Waals surface area contributed by atoms with E-state index < -0.39 is 0 Å². The normalized spacial score (nSPS) is 11.2. The average Bonchev–Trinajstić information content (AvgIpc) is 3.02. The quantitative estimate of drug-likeness (QED) is 0.688. The van der Waals surface area contributed by atoms with Crippen molar-refractivity contribution in [1.29, 1.82) is 0 Å². The van der Waals surface area contributed by atoms with Gasteiger partial charge in [0.2, 0.25) is 0 Å². The fourth-order valence-corrected chi connectivity index (χ4v) is 3.29. The number of Topliss-reactive ketones (excluding diaryl/α,β-unsaturated/α-hetero) is 1. The van der Waals surface area contributed by atoms with Crippen molar-refractivity contribution in [3.63, 3.8) is 0 Å². The van der Waals surface area contributed by atoms with Crippen LogP contribution in [0.2, 0.25) is 0 Å². The van der Waals surface area contributed by atoms with Crippen molar-refractivity contribution >= 4 is 27.2 Å². The molecule has 0 spiro atoms. The number of hydrogen-bond acceptors (Lipinski definition) is 3. The molecule has 0 aliphatic carbocycles. The number of halogens is 1. The topological polar surface area (TPSA) is 34.9 Å². The number of carbonyl (C=O) groups is 1. The van der Waals surface area contributed by atoms with Crippen LogP contribution in [0.25, 0.3) is 10.1 Å². The van der Waals surface area contributed by atoms with E-state index in [0.29, 0.717) is 11.3 Å². The Balaban J connectivity index is 1.87. The second-order valence-electron chi connectivity index (χ2n) is 5.00. The number of thiophene rings is 1. The van der Waals surface area contributed by atoms with Crippen LogP contribution >= 0.6 is 11.3 Å². The van der Waals surface area contributed by atoms with E-state index in [0.717, 1.165) is 27.9 Å². The molecule has 3 aromatic rings. The average molecular weight is 302 g/mol. The van der Waals surface area contributed by atoms with Crippen LogP contribution in [0, 0.1) is 5.82 Å². The summed E-state index contributed by atoms with van der Waals surface area (Å²) in [4.78, 5) is 13.1. The Morgan fingerprint density at radius 3 is 2.86 bits per heavy atom. The highest BCUT2D eigenvalue weighted by atomic mass is 32.1. The van der Waals surface area contributed by atoms with Crippen LogP contribution in [0.5, 0.6) is 0 Å². The number of rotatable bonds is 4. The molecule has 0 saturated carbocycles. The van der Waals surface area contributed by atoms with Crippen LogP contribution < -0.4 is 0 Å². The van der Waals surface area contributed by atoms with Gasteiger partial charge in [0.15, 0.2) is 5.78 Å². The highest BCUT2D eigenvalue weighted by Crippen LogP contribution is 2.27. The third-order valence-electron chi connectivity index (χ3n) is 3.48. The molecule has 108 valence electrons. The molecule has 0 saturated heterocycles. The van der Waals surface area contributed by atoms with Crippen LogP contribution in [0.3, 0.4) is 0 Å². The molecule has 2 aromatic heterocycles. The first-order valence-corrected chi connectivity index (χ1v) is 7.62. The lowest BCUT2D eigenvalue weighted by molar-refractivity contribution is 0.0994. The van der Waals surface area contributed by atoms with Gasteiger partial charge in [0.1, 0.15) is 5.82 Å². The number of aryl methyl sites for hydroxylation is 2. The standard InChI is InChI=1S/C16H15FN2OS/c1-3-12-8-13(19(2)18-12)9-14(20)16-7-10-6-11(17)4-5-15(10)21-16/h4-8H,3,9H2,1-2H3. The Bertz CT molecular complexity index is 819. The molecule has 3 nitrogen and oxygen atoms in total. The van der Waals surface area contributed by atoms with Crippen molar-refractivity contribution in [3.05, 3.63) is 52.4 Å². The molecule has 0 bridgehead atoms. The summed E-state index contributed by atoms with van der Waals surface area (Å²) in [6.07, 6.45) is 1.17. The Morgan fingerprint density at radius 2 is 2.14 bits per heavy atom. The maximum atomic E-state index is 13.2. The number of nitrogens with zero attached hydrogens (tertiary/aromatic N) is 2. The van der Waals surface area contributed by atoms with Crippen molar-refractivity contribution in [2.24, 2.45) is 7.05 Å². The second kappa shape index (κ2) is 5.41. The first-order valence-electron chi connectivity index (χ1n) is 6.81. The summed E-state index contributed by atoms with van der Waals surface area (Å²) in [7, 11) is 1.85. The molecule has 1 aromatic carbocycles. The van der Waals surface area contributed by atoms with Gasteiger partial charge in [-0.15, -0.1) is 11.3 Å². The van der Waals surface area contributed by atoms with Crippen LogP contribution in [0.1, 0.15) is 28.0 Å². The van der Waals surface area contributed by atoms with E-state index in [1.54, 1.807) is 16.8 Å². The smallest absolute Gasteiger partial charge is 0.178 e. The number of carbonyl (C=O) groups excluding carboxylic acids is 1. The van der Waals surface area contributed by atoms with Gasteiger partial charge in [0, 0.05) is 17.4 Å². The lowest BCUT2D eigenvalue weighted by Gasteiger charge is -1.99. The van der Waals surface area contributed by atoms with E-state index >= 15 is 0 Å². The minimum atomic E-state index is -0.279. The summed E-state index contributed by atoms with van der Waals surface area (Å²) in [5, 5.41) is 5.13. The van der Waals surface area contributed by atoms with Gasteiger partial charge in [0.05, 0.1) is 17.0 Å². The number of aromatic nitrogens is 2. The van der Waals surface area contributed by atoms with E-state index in [1.807, 2.05) is 20.0 Å². The van der Waals surface area contributed by atoms with Gasteiger partial charge in [-0.2, -0.15) is 5.10 Å². The van der Waals surface area contributed by atoms with Crippen molar-refractivity contribution in [2.75, 3.05) is 0 Å². The SMILES string of the molecule is CCc1cc(CC(=O)c2cc3cc(F)ccc3s2)n(C)n1. The van der Waals surface area contributed by atoms with E-state index in [1.165, 1.54) is 23.5 Å². The van der Waals surface area contributed by atoms with E-state index in [2.05, 4.69) is 5.10 Å². The molecule has 0 fully saturated rings. The largest absolute Gasteiger partial charge is 0.293 e. The van der Waals surface area contributed by atoms with Gasteiger partial charge in [-0.3, -0.25) is 9.48 Å². The third kappa shape index (κ3) is 2.74. The summed E-state index contributed by atoms with van der Waals surface area (Å²) < 4.78 is 15.9. The molecule has 0 aliphatic rings. The van der Waals surface area contributed by atoms with Gasteiger partial charge < -0.3 is 0 Å². The maximum Gasteiger partial charge on any atom is 0.178 e. The Labute approximate surface area is 126 Å². The molecule has 0 radical (unpaired) electrons. The first kappa shape index (κ1) is 13.9. The summed E-state index contributed by atoms with van der Waals surface area (Å²) in [6, 6.07) is 8.32. The predicted molar refractivity (Wildman–Crippen MR) is 82.4 cm³/mol.